The highest BCUT2D eigenvalue weighted by atomic mass is 16.5. The third kappa shape index (κ3) is 2.08. The predicted octanol–water partition coefficient (Wildman–Crippen LogP) is 1.42. The molecule has 0 saturated heterocycles. The quantitative estimate of drug-likeness (QED) is 0.333. The highest BCUT2D eigenvalue weighted by Gasteiger charge is 2.12. The lowest BCUT2D eigenvalue weighted by atomic mass is 10.4. The van der Waals surface area contributed by atoms with E-state index < -0.39 is 0 Å². The van der Waals surface area contributed by atoms with E-state index in [0.717, 1.165) is 12.8 Å². The number of hydrogen-bond acceptors (Lipinski definition) is 2. The van der Waals surface area contributed by atoms with Crippen LogP contribution in [0.2, 0.25) is 0 Å². The minimum atomic E-state index is -0.228. The zero-order valence-electron chi connectivity index (χ0n) is 6.02. The minimum Gasteiger partial charge on any atom is -0.462 e. The van der Waals surface area contributed by atoms with Gasteiger partial charge in [0.2, 0.25) is 0 Å². The summed E-state index contributed by atoms with van der Waals surface area (Å²) in [6.45, 7) is 2.59. The van der Waals surface area contributed by atoms with E-state index >= 15 is 0 Å². The van der Waals surface area contributed by atoms with E-state index in [4.69, 9.17) is 4.74 Å². The van der Waals surface area contributed by atoms with Crippen LogP contribution < -0.4 is 0 Å². The largest absolute Gasteiger partial charge is 0.462 e. The lowest BCUT2D eigenvalue weighted by Gasteiger charge is -1.98. The van der Waals surface area contributed by atoms with E-state index in [1.807, 2.05) is 0 Å². The first-order valence-electron chi connectivity index (χ1n) is 3.48. The molecule has 1 rings (SSSR count). The molecule has 0 aromatic carbocycles. The first-order valence-corrected chi connectivity index (χ1v) is 3.48. The molecule has 0 N–H and O–H groups in total. The molecule has 0 radical (unpaired) electrons. The molecule has 0 saturated carbocycles. The molecule has 0 fully saturated rings. The summed E-state index contributed by atoms with van der Waals surface area (Å²) in [5, 5.41) is 0. The maximum atomic E-state index is 10.7. The van der Waals surface area contributed by atoms with Crippen LogP contribution in [0.25, 0.3) is 0 Å². The molecule has 0 spiro atoms. The highest BCUT2D eigenvalue weighted by Crippen LogP contribution is 2.08. The van der Waals surface area contributed by atoms with E-state index in [0.29, 0.717) is 12.2 Å². The summed E-state index contributed by atoms with van der Waals surface area (Å²) >= 11 is 0. The van der Waals surface area contributed by atoms with Crippen LogP contribution in [0.15, 0.2) is 17.4 Å². The van der Waals surface area contributed by atoms with Gasteiger partial charge in [0, 0.05) is 6.08 Å². The Morgan fingerprint density at radius 1 is 1.80 bits per heavy atom. The van der Waals surface area contributed by atoms with E-state index in [1.165, 1.54) is 0 Å². The smallest absolute Gasteiger partial charge is 0.346 e. The highest BCUT2D eigenvalue weighted by molar-refractivity contribution is 5.95. The molecular weight excluding hydrogens is 128 g/mol. The van der Waals surface area contributed by atoms with E-state index in [1.54, 1.807) is 6.08 Å². The summed E-state index contributed by atoms with van der Waals surface area (Å²) in [7, 11) is 0. The molecule has 2 heteroatoms. The molecule has 0 amide bonds. The van der Waals surface area contributed by atoms with Crippen molar-refractivity contribution in [2.75, 3.05) is 6.61 Å². The number of hydrogen-bond donors (Lipinski definition) is 0. The van der Waals surface area contributed by atoms with Gasteiger partial charge in [0.1, 0.15) is 5.57 Å². The Kier molecular flexibility index (Phi) is 2.30. The van der Waals surface area contributed by atoms with Gasteiger partial charge in [-0.1, -0.05) is 13.3 Å². The summed E-state index contributed by atoms with van der Waals surface area (Å²) in [5.74, 6) is -0.228. The van der Waals surface area contributed by atoms with Crippen molar-refractivity contribution in [3.8, 4) is 0 Å². The van der Waals surface area contributed by atoms with Crippen molar-refractivity contribution in [2.45, 2.75) is 19.8 Å². The third-order valence-electron chi connectivity index (χ3n) is 1.24. The molecule has 0 aromatic heterocycles. The van der Waals surface area contributed by atoms with Crippen molar-refractivity contribution < 1.29 is 9.53 Å². The van der Waals surface area contributed by atoms with Gasteiger partial charge in [-0.3, -0.25) is 0 Å². The van der Waals surface area contributed by atoms with Crippen molar-refractivity contribution in [3.63, 3.8) is 0 Å². The van der Waals surface area contributed by atoms with Crippen LogP contribution in [0.4, 0.5) is 0 Å². The molecule has 0 unspecified atom stereocenters. The van der Waals surface area contributed by atoms with Gasteiger partial charge in [-0.05, 0) is 6.42 Å². The SMILES string of the molecule is CCCCOC(=O)C1=C=C1. The van der Waals surface area contributed by atoms with E-state index in [9.17, 15) is 4.79 Å². The van der Waals surface area contributed by atoms with Crippen LogP contribution >= 0.6 is 0 Å². The number of carbonyl (C=O) groups is 1. The average Bonchev–Trinajstić information content (AvgIpc) is 2.69. The maximum absolute atomic E-state index is 10.7. The number of carbonyl (C=O) groups excluding carboxylic acids is 1. The molecule has 54 valence electrons. The molecule has 1 aliphatic carbocycles. The number of ether oxygens (including phenoxy) is 1. The molecule has 1 aliphatic rings. The molecule has 10 heavy (non-hydrogen) atoms. The van der Waals surface area contributed by atoms with Gasteiger partial charge in [0.05, 0.1) is 6.61 Å². The van der Waals surface area contributed by atoms with Crippen molar-refractivity contribution in [2.24, 2.45) is 0 Å². The van der Waals surface area contributed by atoms with Gasteiger partial charge in [-0.2, -0.15) is 0 Å². The topological polar surface area (TPSA) is 26.3 Å². The van der Waals surface area contributed by atoms with Crippen LogP contribution in [0.5, 0.6) is 0 Å². The molecule has 0 heterocycles. The normalized spacial score (nSPS) is 12.7. The fourth-order valence-corrected chi connectivity index (χ4v) is 0.541. The Balaban J connectivity index is 2.02. The Labute approximate surface area is 60.2 Å². The van der Waals surface area contributed by atoms with Crippen molar-refractivity contribution in [1.29, 1.82) is 0 Å². The molecule has 0 bridgehead atoms. The second kappa shape index (κ2) is 3.23. The fourth-order valence-electron chi connectivity index (χ4n) is 0.541. The van der Waals surface area contributed by atoms with Crippen LogP contribution in [-0.2, 0) is 9.53 Å². The number of rotatable bonds is 4. The molecule has 2 nitrogen and oxygen atoms in total. The van der Waals surface area contributed by atoms with Gasteiger partial charge in [-0.25, -0.2) is 4.79 Å². The van der Waals surface area contributed by atoms with Crippen molar-refractivity contribution in [1.82, 2.24) is 0 Å². The average molecular weight is 138 g/mol. The van der Waals surface area contributed by atoms with Gasteiger partial charge >= 0.3 is 5.97 Å². The predicted molar refractivity (Wildman–Crippen MR) is 37.5 cm³/mol. The number of unbranched alkanes of at least 4 members (excludes halogenated alkanes) is 1. The standard InChI is InChI=1S/C8H10O2/c1-2-3-6-10-8(9)7-4-5-7/h4H,2-3,6H2,1H3. The number of esters is 1. The van der Waals surface area contributed by atoms with E-state index in [2.05, 4.69) is 12.7 Å². The third-order valence-corrected chi connectivity index (χ3v) is 1.24. The van der Waals surface area contributed by atoms with Gasteiger partial charge in [0.25, 0.3) is 0 Å². The first-order chi connectivity index (χ1) is 4.84. The fraction of sp³-hybridized carbons (Fsp3) is 0.500. The Bertz CT molecular complexity index is 197. The maximum Gasteiger partial charge on any atom is 0.346 e. The zero-order valence-corrected chi connectivity index (χ0v) is 6.02. The summed E-state index contributed by atoms with van der Waals surface area (Å²) in [4.78, 5) is 10.7. The molecular formula is C8H10O2. The van der Waals surface area contributed by atoms with Crippen LogP contribution in [0, 0.1) is 0 Å². The van der Waals surface area contributed by atoms with Crippen molar-refractivity contribution in [3.05, 3.63) is 17.4 Å². The zero-order chi connectivity index (χ0) is 7.40. The second-order valence-electron chi connectivity index (χ2n) is 2.19. The lowest BCUT2D eigenvalue weighted by molar-refractivity contribution is -0.138. The minimum absolute atomic E-state index is 0.228. The van der Waals surface area contributed by atoms with Gasteiger partial charge in [-0.15, -0.1) is 5.73 Å². The van der Waals surface area contributed by atoms with Crippen LogP contribution in [-0.4, -0.2) is 12.6 Å². The van der Waals surface area contributed by atoms with Gasteiger partial charge < -0.3 is 4.74 Å². The second-order valence-corrected chi connectivity index (χ2v) is 2.19. The van der Waals surface area contributed by atoms with Crippen LogP contribution in [0.1, 0.15) is 19.8 Å². The lowest BCUT2D eigenvalue weighted by Crippen LogP contribution is -2.03. The Morgan fingerprint density at radius 2 is 2.50 bits per heavy atom. The van der Waals surface area contributed by atoms with Gasteiger partial charge in [0.15, 0.2) is 0 Å². The van der Waals surface area contributed by atoms with Crippen LogP contribution in [0.3, 0.4) is 0 Å². The summed E-state index contributed by atoms with van der Waals surface area (Å²) in [6.07, 6.45) is 3.63. The summed E-state index contributed by atoms with van der Waals surface area (Å²) in [5.41, 5.74) is 3.27. The molecule has 0 aliphatic heterocycles. The summed E-state index contributed by atoms with van der Waals surface area (Å²) < 4.78 is 4.84. The molecule has 0 aromatic rings. The summed E-state index contributed by atoms with van der Waals surface area (Å²) in [6, 6.07) is 0. The monoisotopic (exact) mass is 138 g/mol. The van der Waals surface area contributed by atoms with E-state index in [-0.39, 0.29) is 5.97 Å². The molecule has 0 atom stereocenters. The first kappa shape index (κ1) is 7.10. The Morgan fingerprint density at radius 3 is 3.00 bits per heavy atom. The van der Waals surface area contributed by atoms with Crippen molar-refractivity contribution >= 4 is 5.97 Å². The Hall–Kier alpha value is -1.01.